The van der Waals surface area contributed by atoms with E-state index in [0.717, 1.165) is 35.2 Å². The molecule has 8 heteroatoms. The van der Waals surface area contributed by atoms with Gasteiger partial charge < -0.3 is 19.7 Å². The Balaban J connectivity index is 1.23. The molecule has 1 spiro atoms. The van der Waals surface area contributed by atoms with Gasteiger partial charge in [0.15, 0.2) is 0 Å². The number of carbonyl (C=O) groups is 2. The van der Waals surface area contributed by atoms with Crippen molar-refractivity contribution in [3.05, 3.63) is 93.8 Å². The first-order chi connectivity index (χ1) is 18.9. The molecule has 2 aromatic carbocycles. The Labute approximate surface area is 228 Å². The zero-order valence-corrected chi connectivity index (χ0v) is 22.3. The Bertz CT molecular complexity index is 1420. The van der Waals surface area contributed by atoms with E-state index in [1.807, 2.05) is 42.2 Å². The van der Waals surface area contributed by atoms with E-state index in [2.05, 4.69) is 16.4 Å². The molecule has 3 heterocycles. The average molecular weight is 525 g/mol. The fourth-order valence-corrected chi connectivity index (χ4v) is 5.38. The van der Waals surface area contributed by atoms with Gasteiger partial charge in [0.1, 0.15) is 0 Å². The largest absolute Gasteiger partial charge is 0.385 e. The van der Waals surface area contributed by atoms with E-state index in [0.29, 0.717) is 61.5 Å². The molecule has 1 fully saturated rings. The van der Waals surface area contributed by atoms with Crippen LogP contribution in [-0.2, 0) is 28.1 Å². The summed E-state index contributed by atoms with van der Waals surface area (Å²) in [5, 5.41) is 12.1. The smallest absolute Gasteiger partial charge is 0.257 e. The van der Waals surface area contributed by atoms with Crippen LogP contribution in [0.15, 0.2) is 54.7 Å². The predicted molar refractivity (Wildman–Crippen MR) is 146 cm³/mol. The van der Waals surface area contributed by atoms with Gasteiger partial charge in [0.25, 0.3) is 11.8 Å². The number of ether oxygens (including phenoxy) is 2. The number of amides is 2. The number of hydrogen-bond donors (Lipinski definition) is 1. The van der Waals surface area contributed by atoms with Crippen LogP contribution in [0.5, 0.6) is 0 Å². The molecule has 3 aromatic rings. The maximum absolute atomic E-state index is 13.4. The van der Waals surface area contributed by atoms with Gasteiger partial charge in [0, 0.05) is 49.9 Å². The number of piperidine rings is 1. The molecular weight excluding hydrogens is 492 g/mol. The van der Waals surface area contributed by atoms with Crippen LogP contribution in [0.1, 0.15) is 67.9 Å². The van der Waals surface area contributed by atoms with Crippen LogP contribution < -0.4 is 5.32 Å². The molecule has 200 valence electrons. The quantitative estimate of drug-likeness (QED) is 0.447. The highest BCUT2D eigenvalue weighted by Crippen LogP contribution is 2.44. The number of aromatic nitrogens is 1. The lowest BCUT2D eigenvalue weighted by molar-refractivity contribution is -0.0741. The van der Waals surface area contributed by atoms with Gasteiger partial charge >= 0.3 is 0 Å². The van der Waals surface area contributed by atoms with E-state index < -0.39 is 5.60 Å². The summed E-state index contributed by atoms with van der Waals surface area (Å²) < 4.78 is 11.3. The number of methoxy groups -OCH3 is 1. The van der Waals surface area contributed by atoms with Gasteiger partial charge in [-0.1, -0.05) is 12.1 Å². The molecule has 8 nitrogen and oxygen atoms in total. The van der Waals surface area contributed by atoms with E-state index in [-0.39, 0.29) is 11.8 Å². The molecule has 0 aliphatic carbocycles. The van der Waals surface area contributed by atoms with Crippen LogP contribution in [0.4, 0.5) is 5.69 Å². The topological polar surface area (TPSA) is 105 Å². The molecule has 0 bridgehead atoms. The molecule has 5 rings (SSSR count). The molecule has 1 aromatic heterocycles. The first kappa shape index (κ1) is 26.5. The van der Waals surface area contributed by atoms with E-state index in [1.165, 1.54) is 0 Å². The zero-order chi connectivity index (χ0) is 27.4. The van der Waals surface area contributed by atoms with Gasteiger partial charge in [-0.25, -0.2) is 0 Å². The fraction of sp³-hybridized carbons (Fsp3) is 0.355. The van der Waals surface area contributed by atoms with E-state index >= 15 is 0 Å². The summed E-state index contributed by atoms with van der Waals surface area (Å²) in [4.78, 5) is 32.6. The number of nitrogens with one attached hydrogen (secondary N) is 1. The van der Waals surface area contributed by atoms with E-state index in [9.17, 15) is 14.9 Å². The second-order valence-corrected chi connectivity index (χ2v) is 10.2. The highest BCUT2D eigenvalue weighted by Gasteiger charge is 2.43. The number of carbonyl (C=O) groups excluding carboxylic acids is 2. The van der Waals surface area contributed by atoms with Gasteiger partial charge in [-0.15, -0.1) is 0 Å². The number of likely N-dealkylation sites (tertiary alicyclic amines) is 1. The minimum absolute atomic E-state index is 0.0690. The zero-order valence-electron chi connectivity index (χ0n) is 22.3. The van der Waals surface area contributed by atoms with Gasteiger partial charge in [0.2, 0.25) is 0 Å². The molecule has 0 radical (unpaired) electrons. The Hall–Kier alpha value is -4.06. The van der Waals surface area contributed by atoms with Crippen molar-refractivity contribution in [2.45, 2.75) is 44.8 Å². The molecule has 2 aliphatic heterocycles. The van der Waals surface area contributed by atoms with Gasteiger partial charge in [0.05, 0.1) is 29.4 Å². The Kier molecular flexibility index (Phi) is 7.73. The minimum Gasteiger partial charge on any atom is -0.385 e. The summed E-state index contributed by atoms with van der Waals surface area (Å²) in [6.45, 7) is 4.19. The Morgan fingerprint density at radius 1 is 1.13 bits per heavy atom. The Morgan fingerprint density at radius 3 is 2.64 bits per heavy atom. The van der Waals surface area contributed by atoms with Crippen LogP contribution in [0.25, 0.3) is 0 Å². The van der Waals surface area contributed by atoms with Crippen molar-refractivity contribution in [1.29, 1.82) is 5.26 Å². The fourth-order valence-electron chi connectivity index (χ4n) is 5.38. The first-order valence-electron chi connectivity index (χ1n) is 13.2. The summed E-state index contributed by atoms with van der Waals surface area (Å²) >= 11 is 0. The van der Waals surface area contributed by atoms with Crippen LogP contribution in [-0.4, -0.2) is 48.5 Å². The number of rotatable bonds is 7. The second-order valence-electron chi connectivity index (χ2n) is 10.2. The van der Waals surface area contributed by atoms with Crippen molar-refractivity contribution in [2.75, 3.05) is 32.1 Å². The second kappa shape index (κ2) is 11.4. The minimum atomic E-state index is -0.403. The van der Waals surface area contributed by atoms with Crippen LogP contribution >= 0.6 is 0 Å². The number of aryl methyl sites for hydroxylation is 2. The number of benzene rings is 2. The lowest BCUT2D eigenvalue weighted by Gasteiger charge is -2.39. The van der Waals surface area contributed by atoms with Crippen molar-refractivity contribution in [1.82, 2.24) is 9.88 Å². The highest BCUT2D eigenvalue weighted by molar-refractivity contribution is 6.05. The standard InChI is InChI=1S/C31H32N4O4/c1-21-5-7-23(17-28(21)34-29(36)24-8-9-26(33-19-24)4-3-15-38-2)30(37)35-13-11-31(12-14-35)27-10-6-22(18-32)16-25(27)20-39-31/h5-10,16-17,19H,3-4,11-15,20H2,1-2H3,(H,34,36). The lowest BCUT2D eigenvalue weighted by atomic mass is 9.83. The normalized spacial score (nSPS) is 15.6. The lowest BCUT2D eigenvalue weighted by Crippen LogP contribution is -2.45. The summed E-state index contributed by atoms with van der Waals surface area (Å²) in [6, 6.07) is 17.0. The molecule has 0 atom stereocenters. The van der Waals surface area contributed by atoms with Crippen molar-refractivity contribution in [3.8, 4) is 6.07 Å². The average Bonchev–Trinajstić information content (AvgIpc) is 3.31. The molecular formula is C31H32N4O4. The summed E-state index contributed by atoms with van der Waals surface area (Å²) in [7, 11) is 1.67. The third kappa shape index (κ3) is 5.56. The number of nitrogens with zero attached hydrogens (tertiary/aromatic N) is 3. The van der Waals surface area contributed by atoms with Crippen LogP contribution in [0.3, 0.4) is 0 Å². The van der Waals surface area contributed by atoms with Crippen molar-refractivity contribution in [2.24, 2.45) is 0 Å². The molecule has 0 saturated carbocycles. The summed E-state index contributed by atoms with van der Waals surface area (Å²) in [5.74, 6) is -0.337. The number of hydrogen-bond acceptors (Lipinski definition) is 6. The molecule has 39 heavy (non-hydrogen) atoms. The first-order valence-corrected chi connectivity index (χ1v) is 13.2. The number of pyridine rings is 1. The number of anilines is 1. The maximum atomic E-state index is 13.4. The number of nitriles is 1. The highest BCUT2D eigenvalue weighted by atomic mass is 16.5. The molecule has 0 unspecified atom stereocenters. The van der Waals surface area contributed by atoms with E-state index in [4.69, 9.17) is 9.47 Å². The van der Waals surface area contributed by atoms with Gasteiger partial charge in [-0.05, 0) is 85.7 Å². The predicted octanol–water partition coefficient (Wildman–Crippen LogP) is 4.75. The third-order valence-corrected chi connectivity index (χ3v) is 7.69. The number of fused-ring (bicyclic) bond motifs is 2. The maximum Gasteiger partial charge on any atom is 0.257 e. The van der Waals surface area contributed by atoms with Crippen LogP contribution in [0.2, 0.25) is 0 Å². The monoisotopic (exact) mass is 524 g/mol. The molecule has 1 N–H and O–H groups in total. The van der Waals surface area contributed by atoms with Crippen molar-refractivity contribution >= 4 is 17.5 Å². The molecule has 2 aliphatic rings. The third-order valence-electron chi connectivity index (χ3n) is 7.69. The van der Waals surface area contributed by atoms with Gasteiger partial charge in [-0.3, -0.25) is 14.6 Å². The van der Waals surface area contributed by atoms with E-state index in [1.54, 1.807) is 31.5 Å². The SMILES string of the molecule is COCCCc1ccc(C(=O)Nc2cc(C(=O)N3CCC4(CC3)OCc3cc(C#N)ccc34)ccc2C)cn1. The van der Waals surface area contributed by atoms with Crippen LogP contribution in [0, 0.1) is 18.3 Å². The molecule has 2 amide bonds. The van der Waals surface area contributed by atoms with Gasteiger partial charge in [-0.2, -0.15) is 5.26 Å². The van der Waals surface area contributed by atoms with Crippen molar-refractivity contribution < 1.29 is 19.1 Å². The Morgan fingerprint density at radius 2 is 1.92 bits per heavy atom. The molecule has 1 saturated heterocycles. The summed E-state index contributed by atoms with van der Waals surface area (Å²) in [5.41, 5.74) is 5.80. The summed E-state index contributed by atoms with van der Waals surface area (Å²) in [6.07, 6.45) is 4.63. The van der Waals surface area contributed by atoms with Crippen molar-refractivity contribution in [3.63, 3.8) is 0 Å².